The molecule has 0 aliphatic heterocycles. The zero-order chi connectivity index (χ0) is 15.0. The second-order valence-corrected chi connectivity index (χ2v) is 7.77. The number of hydrogen-bond acceptors (Lipinski definition) is 6. The Morgan fingerprint density at radius 2 is 1.90 bits per heavy atom. The van der Waals surface area contributed by atoms with Crippen molar-refractivity contribution in [3.63, 3.8) is 0 Å². The zero-order valence-corrected chi connectivity index (χ0v) is 13.5. The van der Waals surface area contributed by atoms with Crippen molar-refractivity contribution in [1.29, 1.82) is 0 Å². The smallest absolute Gasteiger partial charge is 0.282 e. The van der Waals surface area contributed by atoms with E-state index in [-0.39, 0.29) is 21.0 Å². The maximum absolute atomic E-state index is 12.0. The first-order valence-electron chi connectivity index (χ1n) is 6.85. The summed E-state index contributed by atoms with van der Waals surface area (Å²) in [5, 5.41) is 10.0. The van der Waals surface area contributed by atoms with E-state index >= 15 is 0 Å². The van der Waals surface area contributed by atoms with Crippen LogP contribution < -0.4 is 5.32 Å². The number of carbonyl (C=O) groups is 1. The lowest BCUT2D eigenvalue weighted by molar-refractivity contribution is 0.0952. The molecular weight excluding hydrogens is 298 g/mol. The summed E-state index contributed by atoms with van der Waals surface area (Å²) in [5.41, 5.74) is 0. The van der Waals surface area contributed by atoms with Gasteiger partial charge in [-0.2, -0.15) is 0 Å². The maximum atomic E-state index is 12.0. The van der Waals surface area contributed by atoms with Crippen molar-refractivity contribution in [3.8, 4) is 0 Å². The fraction of sp³-hybridized carbons (Fsp3) is 0.750. The molecule has 0 spiro atoms. The van der Waals surface area contributed by atoms with Gasteiger partial charge in [0.1, 0.15) is 0 Å². The number of amides is 1. The van der Waals surface area contributed by atoms with E-state index in [1.54, 1.807) is 0 Å². The van der Waals surface area contributed by atoms with E-state index in [0.29, 0.717) is 13.0 Å². The number of aromatic nitrogens is 2. The molecule has 0 unspecified atom stereocenters. The Bertz CT molecular complexity index is 526. The Morgan fingerprint density at radius 1 is 1.15 bits per heavy atom. The second-order valence-electron chi connectivity index (χ2n) is 4.51. The van der Waals surface area contributed by atoms with Gasteiger partial charge in [0.05, 0.1) is 5.75 Å². The average molecular weight is 319 g/mol. The van der Waals surface area contributed by atoms with Crippen molar-refractivity contribution < 1.29 is 13.2 Å². The molecule has 6 nitrogen and oxygen atoms in total. The average Bonchev–Trinajstić information content (AvgIpc) is 2.91. The maximum Gasteiger partial charge on any atom is 0.282 e. The van der Waals surface area contributed by atoms with Crippen molar-refractivity contribution in [2.24, 2.45) is 0 Å². The molecule has 20 heavy (non-hydrogen) atoms. The van der Waals surface area contributed by atoms with E-state index < -0.39 is 9.84 Å². The van der Waals surface area contributed by atoms with E-state index in [1.165, 1.54) is 0 Å². The van der Waals surface area contributed by atoms with Gasteiger partial charge in [0.15, 0.2) is 0 Å². The normalized spacial score (nSPS) is 11.5. The van der Waals surface area contributed by atoms with Crippen LogP contribution in [-0.4, -0.2) is 36.8 Å². The Hall–Kier alpha value is -1.02. The van der Waals surface area contributed by atoms with Crippen LogP contribution in [0.25, 0.3) is 0 Å². The fourth-order valence-electron chi connectivity index (χ4n) is 1.55. The van der Waals surface area contributed by atoms with E-state index in [1.807, 2.05) is 6.92 Å². The van der Waals surface area contributed by atoms with Gasteiger partial charge in [0, 0.05) is 6.54 Å². The van der Waals surface area contributed by atoms with E-state index in [9.17, 15) is 13.2 Å². The molecule has 1 amide bonds. The monoisotopic (exact) mass is 319 g/mol. The second kappa shape index (κ2) is 8.31. The number of sulfone groups is 1. The SMILES string of the molecule is CCCCCCS(=O)(=O)c1nnc(C(=O)NCCC)s1. The molecule has 8 heteroatoms. The third kappa shape index (κ3) is 5.16. The molecule has 1 N–H and O–H groups in total. The molecule has 0 bridgehead atoms. The van der Waals surface area contributed by atoms with E-state index in [2.05, 4.69) is 22.4 Å². The summed E-state index contributed by atoms with van der Waals surface area (Å²) < 4.78 is 24.0. The summed E-state index contributed by atoms with van der Waals surface area (Å²) in [5.74, 6) is -0.296. The van der Waals surface area contributed by atoms with Crippen LogP contribution in [-0.2, 0) is 9.84 Å². The number of carbonyl (C=O) groups excluding carboxylic acids is 1. The highest BCUT2D eigenvalue weighted by molar-refractivity contribution is 7.93. The zero-order valence-electron chi connectivity index (χ0n) is 11.9. The van der Waals surface area contributed by atoms with Crippen molar-refractivity contribution in [2.45, 2.75) is 50.3 Å². The minimum atomic E-state index is -3.41. The third-order valence-corrected chi connectivity index (χ3v) is 5.84. The summed E-state index contributed by atoms with van der Waals surface area (Å²) in [6.45, 7) is 4.55. The summed E-state index contributed by atoms with van der Waals surface area (Å²) in [6, 6.07) is 0. The number of unbranched alkanes of at least 4 members (excludes halogenated alkanes) is 3. The minimum Gasteiger partial charge on any atom is -0.350 e. The Kier molecular flexibility index (Phi) is 7.08. The molecule has 0 aliphatic rings. The first-order chi connectivity index (χ1) is 9.51. The Labute approximate surface area is 123 Å². The van der Waals surface area contributed by atoms with Crippen LogP contribution >= 0.6 is 11.3 Å². The van der Waals surface area contributed by atoms with Crippen molar-refractivity contribution >= 4 is 27.1 Å². The molecule has 1 aromatic rings. The molecule has 114 valence electrons. The molecule has 1 heterocycles. The first-order valence-corrected chi connectivity index (χ1v) is 9.32. The standard InChI is InChI=1S/C12H21N3O3S2/c1-3-5-6-7-9-20(17,18)12-15-14-11(19-12)10(16)13-8-4-2/h3-9H2,1-2H3,(H,13,16). The topological polar surface area (TPSA) is 89.0 Å². The summed E-state index contributed by atoms with van der Waals surface area (Å²) in [7, 11) is -3.41. The van der Waals surface area contributed by atoms with Gasteiger partial charge in [0.25, 0.3) is 5.91 Å². The fourth-order valence-corrected chi connectivity index (χ4v) is 3.96. The van der Waals surface area contributed by atoms with Gasteiger partial charge in [-0.25, -0.2) is 8.42 Å². The number of hydrogen-bond donors (Lipinski definition) is 1. The first kappa shape index (κ1) is 17.0. The minimum absolute atomic E-state index is 0.0596. The molecule has 1 aromatic heterocycles. The molecule has 0 radical (unpaired) electrons. The van der Waals surface area contributed by atoms with Crippen LogP contribution in [0.5, 0.6) is 0 Å². The van der Waals surface area contributed by atoms with Gasteiger partial charge < -0.3 is 5.32 Å². The lowest BCUT2D eigenvalue weighted by Crippen LogP contribution is -2.23. The summed E-state index contributed by atoms with van der Waals surface area (Å²) in [4.78, 5) is 11.6. The van der Waals surface area contributed by atoms with Crippen LogP contribution in [0.1, 0.15) is 55.8 Å². The lowest BCUT2D eigenvalue weighted by atomic mass is 10.2. The summed E-state index contributed by atoms with van der Waals surface area (Å²) >= 11 is 0.840. The van der Waals surface area contributed by atoms with Crippen molar-refractivity contribution in [1.82, 2.24) is 15.5 Å². The van der Waals surface area contributed by atoms with Crippen LogP contribution in [0.2, 0.25) is 0 Å². The molecule has 0 fully saturated rings. The van der Waals surface area contributed by atoms with E-state index in [0.717, 1.165) is 37.0 Å². The number of nitrogens with zero attached hydrogens (tertiary/aromatic N) is 2. The van der Waals surface area contributed by atoms with Crippen molar-refractivity contribution in [3.05, 3.63) is 5.01 Å². The Balaban J connectivity index is 2.63. The van der Waals surface area contributed by atoms with Gasteiger partial charge >= 0.3 is 0 Å². The highest BCUT2D eigenvalue weighted by Crippen LogP contribution is 2.18. The number of nitrogens with one attached hydrogen (secondary N) is 1. The highest BCUT2D eigenvalue weighted by atomic mass is 32.2. The van der Waals surface area contributed by atoms with Crippen LogP contribution in [0.15, 0.2) is 4.34 Å². The Morgan fingerprint density at radius 3 is 2.55 bits per heavy atom. The quantitative estimate of drug-likeness (QED) is 0.703. The van der Waals surface area contributed by atoms with Gasteiger partial charge in [-0.15, -0.1) is 10.2 Å². The molecule has 0 saturated carbocycles. The van der Waals surface area contributed by atoms with Crippen LogP contribution in [0, 0.1) is 0 Å². The van der Waals surface area contributed by atoms with Gasteiger partial charge in [-0.3, -0.25) is 4.79 Å². The lowest BCUT2D eigenvalue weighted by Gasteiger charge is -1.99. The molecule has 0 atom stereocenters. The predicted octanol–water partition coefficient (Wildman–Crippen LogP) is 2.03. The van der Waals surface area contributed by atoms with Crippen LogP contribution in [0.3, 0.4) is 0 Å². The molecule has 0 saturated heterocycles. The predicted molar refractivity (Wildman–Crippen MR) is 78.7 cm³/mol. The van der Waals surface area contributed by atoms with E-state index in [4.69, 9.17) is 0 Å². The molecular formula is C12H21N3O3S2. The molecule has 0 aromatic carbocycles. The molecule has 1 rings (SSSR count). The highest BCUT2D eigenvalue weighted by Gasteiger charge is 2.22. The third-order valence-electron chi connectivity index (χ3n) is 2.67. The van der Waals surface area contributed by atoms with Gasteiger partial charge in [-0.05, 0) is 12.8 Å². The van der Waals surface area contributed by atoms with Gasteiger partial charge in [-0.1, -0.05) is 44.4 Å². The van der Waals surface area contributed by atoms with Crippen LogP contribution in [0.4, 0.5) is 0 Å². The summed E-state index contributed by atoms with van der Waals surface area (Å²) in [6.07, 6.45) is 4.40. The van der Waals surface area contributed by atoms with Crippen molar-refractivity contribution in [2.75, 3.05) is 12.3 Å². The molecule has 0 aliphatic carbocycles. The largest absolute Gasteiger partial charge is 0.350 e. The van der Waals surface area contributed by atoms with Gasteiger partial charge in [0.2, 0.25) is 19.2 Å². The number of rotatable bonds is 9.